The first-order valence-electron chi connectivity index (χ1n) is 2.79. The van der Waals surface area contributed by atoms with Crippen LogP contribution >= 0.6 is 27.7 Å². The van der Waals surface area contributed by atoms with Crippen molar-refractivity contribution in [2.75, 3.05) is 0 Å². The van der Waals surface area contributed by atoms with Gasteiger partial charge in [0.05, 0.1) is 6.20 Å². The Morgan fingerprint density at radius 1 is 1.45 bits per heavy atom. The molecule has 0 saturated heterocycles. The van der Waals surface area contributed by atoms with E-state index in [1.54, 1.807) is 6.20 Å². The van der Waals surface area contributed by atoms with E-state index in [1.165, 1.54) is 10.4 Å². The van der Waals surface area contributed by atoms with Crippen molar-refractivity contribution in [1.29, 1.82) is 0 Å². The lowest BCUT2D eigenvalue weighted by atomic mass is 10.4. The maximum atomic E-state index is 5.75. The standard InChI is InChI=1S/C5H2BrClN4/c6-5-4-3(9-10-5)1-8-2-11(4)7/h1-2H. The normalized spacial score (nSPS) is 10.7. The van der Waals surface area contributed by atoms with Gasteiger partial charge in [0, 0.05) is 11.8 Å². The molecule has 2 heterocycles. The molecule has 0 aromatic rings. The Labute approximate surface area is 75.8 Å². The van der Waals surface area contributed by atoms with Crippen LogP contribution in [0.15, 0.2) is 17.1 Å². The molecule has 0 aromatic heterocycles. The van der Waals surface area contributed by atoms with Crippen LogP contribution in [0.3, 0.4) is 0 Å². The van der Waals surface area contributed by atoms with Gasteiger partial charge in [-0.15, -0.1) is 10.2 Å². The molecule has 0 amide bonds. The van der Waals surface area contributed by atoms with Gasteiger partial charge in [0.1, 0.15) is 17.7 Å². The molecule has 56 valence electrons. The Morgan fingerprint density at radius 2 is 2.27 bits per heavy atom. The van der Waals surface area contributed by atoms with Crippen LogP contribution in [0.1, 0.15) is 0 Å². The first-order valence-corrected chi connectivity index (χ1v) is 3.92. The predicted octanol–water partition coefficient (Wildman–Crippen LogP) is 1.54. The molecule has 0 unspecified atom stereocenters. The molecule has 0 saturated carbocycles. The van der Waals surface area contributed by atoms with Crippen LogP contribution in [-0.4, -0.2) is 19.3 Å². The number of hydrogen-bond donors (Lipinski definition) is 0. The fourth-order valence-electron chi connectivity index (χ4n) is 0.803. The topological polar surface area (TPSA) is 43.6 Å². The monoisotopic (exact) mass is 232 g/mol. The molecule has 0 spiro atoms. The summed E-state index contributed by atoms with van der Waals surface area (Å²) in [5.41, 5.74) is 1.41. The molecule has 0 aromatic carbocycles. The van der Waals surface area contributed by atoms with Crippen LogP contribution in [0.25, 0.3) is 11.4 Å². The lowest BCUT2D eigenvalue weighted by Crippen LogP contribution is -1.91. The number of rotatable bonds is 0. The highest BCUT2D eigenvalue weighted by Gasteiger charge is 2.13. The summed E-state index contributed by atoms with van der Waals surface area (Å²) in [6.45, 7) is 0. The zero-order valence-corrected chi connectivity index (χ0v) is 7.54. The Kier molecular flexibility index (Phi) is 1.54. The van der Waals surface area contributed by atoms with E-state index in [9.17, 15) is 0 Å². The van der Waals surface area contributed by atoms with Gasteiger partial charge in [0.25, 0.3) is 0 Å². The third-order valence-electron chi connectivity index (χ3n) is 1.26. The van der Waals surface area contributed by atoms with Crippen LogP contribution in [-0.2, 0) is 0 Å². The van der Waals surface area contributed by atoms with Crippen molar-refractivity contribution < 1.29 is 0 Å². The van der Waals surface area contributed by atoms with E-state index >= 15 is 0 Å². The molecule has 0 aliphatic carbocycles. The van der Waals surface area contributed by atoms with Crippen molar-refractivity contribution in [3.8, 4) is 11.4 Å². The molecule has 0 N–H and O–H groups in total. The minimum atomic E-state index is 0.630. The fourth-order valence-corrected chi connectivity index (χ4v) is 1.60. The molecule has 0 bridgehead atoms. The highest BCUT2D eigenvalue weighted by Crippen LogP contribution is 2.26. The summed E-state index contributed by atoms with van der Waals surface area (Å²) in [6.07, 6.45) is 3.09. The maximum Gasteiger partial charge on any atom is 0.156 e. The molecule has 2 aliphatic heterocycles. The van der Waals surface area contributed by atoms with E-state index in [1.807, 2.05) is 0 Å². The highest BCUT2D eigenvalue weighted by molar-refractivity contribution is 9.10. The summed E-state index contributed by atoms with van der Waals surface area (Å²) in [5.74, 6) is 0. The van der Waals surface area contributed by atoms with Crippen molar-refractivity contribution in [2.45, 2.75) is 0 Å². The maximum absolute atomic E-state index is 5.75. The highest BCUT2D eigenvalue weighted by atomic mass is 79.9. The average molecular weight is 233 g/mol. The van der Waals surface area contributed by atoms with Gasteiger partial charge in [-0.05, 0) is 15.9 Å². The predicted molar refractivity (Wildman–Crippen MR) is 43.4 cm³/mol. The van der Waals surface area contributed by atoms with Crippen molar-refractivity contribution in [3.05, 3.63) is 17.1 Å². The Morgan fingerprint density at radius 3 is 3.00 bits per heavy atom. The van der Waals surface area contributed by atoms with Gasteiger partial charge in [-0.25, -0.2) is 9.07 Å². The summed E-state index contributed by atoms with van der Waals surface area (Å²) < 4.78 is 1.98. The zero-order chi connectivity index (χ0) is 7.84. The number of halogens is 2. The lowest BCUT2D eigenvalue weighted by molar-refractivity contribution is 1.06. The third kappa shape index (κ3) is 1.00. The van der Waals surface area contributed by atoms with Crippen LogP contribution in [0.5, 0.6) is 0 Å². The minimum absolute atomic E-state index is 0.630. The first-order chi connectivity index (χ1) is 5.29. The van der Waals surface area contributed by atoms with E-state index in [2.05, 4.69) is 31.1 Å². The summed E-state index contributed by atoms with van der Waals surface area (Å²) in [7, 11) is 0. The average Bonchev–Trinajstić information content (AvgIpc) is 2.34. The molecular formula is C5H2BrClN4. The molecule has 11 heavy (non-hydrogen) atoms. The second kappa shape index (κ2) is 2.42. The number of hydrogen-bond acceptors (Lipinski definition) is 3. The van der Waals surface area contributed by atoms with E-state index in [-0.39, 0.29) is 0 Å². The van der Waals surface area contributed by atoms with Gasteiger partial charge in [0.15, 0.2) is 4.60 Å². The number of fused-ring (bicyclic) bond motifs is 1. The van der Waals surface area contributed by atoms with Gasteiger partial charge in [-0.1, -0.05) is 0 Å². The smallest absolute Gasteiger partial charge is 0.156 e. The SMILES string of the molecule is Cln1cncc2nnc(Br)c1-2. The summed E-state index contributed by atoms with van der Waals surface area (Å²) in [5, 5.41) is 7.59. The van der Waals surface area contributed by atoms with Crippen molar-refractivity contribution in [1.82, 2.24) is 19.3 Å². The molecule has 2 aliphatic rings. The molecule has 0 fully saturated rings. The van der Waals surface area contributed by atoms with Gasteiger partial charge < -0.3 is 0 Å². The number of aromatic nitrogens is 4. The van der Waals surface area contributed by atoms with E-state index in [0.29, 0.717) is 10.3 Å². The summed E-state index contributed by atoms with van der Waals surface area (Å²) in [4.78, 5) is 3.83. The minimum Gasteiger partial charge on any atom is -0.243 e. The largest absolute Gasteiger partial charge is 0.243 e. The van der Waals surface area contributed by atoms with Gasteiger partial charge in [-0.2, -0.15) is 0 Å². The molecule has 4 nitrogen and oxygen atoms in total. The molecule has 6 heteroatoms. The van der Waals surface area contributed by atoms with Crippen molar-refractivity contribution in [2.24, 2.45) is 0 Å². The summed E-state index contributed by atoms with van der Waals surface area (Å²) >= 11 is 8.96. The molecule has 2 rings (SSSR count). The van der Waals surface area contributed by atoms with Crippen LogP contribution in [0.4, 0.5) is 0 Å². The number of nitrogens with zero attached hydrogens (tertiary/aromatic N) is 4. The third-order valence-corrected chi connectivity index (χ3v) is 2.05. The Balaban J connectivity index is 2.82. The Hall–Kier alpha value is -0.680. The fraction of sp³-hybridized carbons (Fsp3) is 0. The molecule has 0 radical (unpaired) electrons. The quantitative estimate of drug-likeness (QED) is 0.693. The van der Waals surface area contributed by atoms with Crippen molar-refractivity contribution in [3.63, 3.8) is 0 Å². The lowest BCUT2D eigenvalue weighted by Gasteiger charge is -1.99. The zero-order valence-electron chi connectivity index (χ0n) is 5.20. The van der Waals surface area contributed by atoms with Gasteiger partial charge in [0.2, 0.25) is 0 Å². The van der Waals surface area contributed by atoms with Gasteiger partial charge >= 0.3 is 0 Å². The van der Waals surface area contributed by atoms with Crippen LogP contribution in [0, 0.1) is 0 Å². The summed E-state index contributed by atoms with van der Waals surface area (Å²) in [6, 6.07) is 0. The van der Waals surface area contributed by atoms with E-state index < -0.39 is 0 Å². The van der Waals surface area contributed by atoms with Gasteiger partial charge in [-0.3, -0.25) is 0 Å². The van der Waals surface area contributed by atoms with Crippen LogP contribution in [0.2, 0.25) is 0 Å². The Bertz CT molecular complexity index is 360. The van der Waals surface area contributed by atoms with E-state index in [4.69, 9.17) is 11.8 Å². The second-order valence-corrected chi connectivity index (χ2v) is 3.04. The van der Waals surface area contributed by atoms with Crippen LogP contribution < -0.4 is 0 Å². The molecule has 0 atom stereocenters. The second-order valence-electron chi connectivity index (χ2n) is 1.93. The molecular weight excluding hydrogens is 231 g/mol. The first kappa shape index (κ1) is 7.00. The van der Waals surface area contributed by atoms with E-state index in [0.717, 1.165) is 5.69 Å². The van der Waals surface area contributed by atoms with Crippen molar-refractivity contribution >= 4 is 27.7 Å².